The van der Waals surface area contributed by atoms with E-state index >= 15 is 0 Å². The quantitative estimate of drug-likeness (QED) is 0.626. The predicted molar refractivity (Wildman–Crippen MR) is 93.9 cm³/mol. The smallest absolute Gasteiger partial charge is 0.296 e. The summed E-state index contributed by atoms with van der Waals surface area (Å²) >= 11 is 0. The Bertz CT molecular complexity index is 649. The van der Waals surface area contributed by atoms with Gasteiger partial charge in [-0.2, -0.15) is 0 Å². The van der Waals surface area contributed by atoms with Gasteiger partial charge in [0.1, 0.15) is 11.4 Å². The van der Waals surface area contributed by atoms with E-state index in [1.165, 1.54) is 56.2 Å². The first-order valence-corrected chi connectivity index (χ1v) is 9.02. The molecule has 136 valence electrons. The number of quaternary nitrogens is 1. The summed E-state index contributed by atoms with van der Waals surface area (Å²) in [6.45, 7) is 2.43. The number of carbonyl (C=O) groups excluding carboxylic acids is 1. The summed E-state index contributed by atoms with van der Waals surface area (Å²) in [7, 11) is 1.45. The zero-order valence-electron chi connectivity index (χ0n) is 14.6. The lowest BCUT2D eigenvalue weighted by Crippen LogP contribution is -3.15. The van der Waals surface area contributed by atoms with E-state index < -0.39 is 4.92 Å². The number of benzene rings is 1. The van der Waals surface area contributed by atoms with Crippen LogP contribution >= 0.6 is 0 Å². The van der Waals surface area contributed by atoms with Gasteiger partial charge in [-0.3, -0.25) is 14.9 Å². The summed E-state index contributed by atoms with van der Waals surface area (Å²) in [5.74, 6) is 1.80. The molecule has 1 aliphatic carbocycles. The number of nitro benzene ring substituents is 1. The molecule has 1 aromatic carbocycles. The lowest BCUT2D eigenvalue weighted by atomic mass is 9.75. The summed E-state index contributed by atoms with van der Waals surface area (Å²) in [6.07, 6.45) is 6.45. The van der Waals surface area contributed by atoms with Gasteiger partial charge < -0.3 is 15.0 Å². The maximum absolute atomic E-state index is 12.4. The second-order valence-electron chi connectivity index (χ2n) is 7.16. The van der Waals surface area contributed by atoms with Crippen LogP contribution in [0.15, 0.2) is 18.2 Å². The van der Waals surface area contributed by atoms with Crippen LogP contribution in [0.5, 0.6) is 5.75 Å². The van der Waals surface area contributed by atoms with Gasteiger partial charge in [-0.15, -0.1) is 0 Å². The number of amides is 1. The molecule has 7 nitrogen and oxygen atoms in total. The number of hydrogen-bond donors (Lipinski definition) is 2. The minimum absolute atomic E-state index is 0.145. The summed E-state index contributed by atoms with van der Waals surface area (Å²) in [4.78, 5) is 24.4. The molecule has 1 saturated carbocycles. The zero-order valence-corrected chi connectivity index (χ0v) is 14.6. The largest absolute Gasteiger partial charge is 0.496 e. The van der Waals surface area contributed by atoms with Gasteiger partial charge in [0.2, 0.25) is 0 Å². The van der Waals surface area contributed by atoms with Gasteiger partial charge >= 0.3 is 0 Å². The fourth-order valence-corrected chi connectivity index (χ4v) is 4.27. The first kappa shape index (κ1) is 17.7. The Labute approximate surface area is 147 Å². The molecule has 25 heavy (non-hydrogen) atoms. The van der Waals surface area contributed by atoms with Gasteiger partial charge in [-0.05, 0) is 37.3 Å². The molecular formula is C18H26N3O4+. The molecule has 2 aliphatic rings. The van der Waals surface area contributed by atoms with Crippen LogP contribution in [0, 0.1) is 22.0 Å². The van der Waals surface area contributed by atoms with Crippen molar-refractivity contribution in [1.82, 2.24) is 0 Å². The second-order valence-corrected chi connectivity index (χ2v) is 7.16. The minimum atomic E-state index is -0.501. The Morgan fingerprint density at radius 3 is 2.80 bits per heavy atom. The van der Waals surface area contributed by atoms with Crippen molar-refractivity contribution < 1.29 is 19.4 Å². The number of ether oxygens (including phenoxy) is 1. The maximum Gasteiger partial charge on any atom is 0.296 e. The number of hydrogen-bond acceptors (Lipinski definition) is 4. The van der Waals surface area contributed by atoms with Crippen molar-refractivity contribution in [3.63, 3.8) is 0 Å². The molecule has 1 amide bonds. The van der Waals surface area contributed by atoms with E-state index in [9.17, 15) is 14.9 Å². The molecule has 1 aromatic rings. The molecule has 1 aliphatic heterocycles. The molecule has 2 fully saturated rings. The molecular weight excluding hydrogens is 322 g/mol. The zero-order chi connectivity index (χ0) is 17.8. The highest BCUT2D eigenvalue weighted by Crippen LogP contribution is 2.32. The molecule has 7 heteroatoms. The van der Waals surface area contributed by atoms with Crippen molar-refractivity contribution in [3.8, 4) is 5.75 Å². The van der Waals surface area contributed by atoms with Crippen LogP contribution in [-0.4, -0.2) is 37.6 Å². The molecule has 1 heterocycles. The number of rotatable bonds is 5. The Balaban J connectivity index is 1.60. The minimum Gasteiger partial charge on any atom is -0.496 e. The van der Waals surface area contributed by atoms with Crippen LogP contribution in [0.1, 0.15) is 32.1 Å². The second kappa shape index (κ2) is 7.82. The standard InChI is InChI=1S/C18H25N3O4/c1-25-15-6-7-16(17(10-15)21(23)24)19-18(22)12-20-9-8-13-4-2-3-5-14(13)11-20/h6-7,10,13-14H,2-5,8-9,11-12H2,1H3,(H,19,22)/p+1/t13-,14+/m0/s1. The van der Waals surface area contributed by atoms with Crippen molar-refractivity contribution in [2.75, 3.05) is 32.1 Å². The summed E-state index contributed by atoms with van der Waals surface area (Å²) in [5, 5.41) is 13.9. The van der Waals surface area contributed by atoms with E-state index in [0.717, 1.165) is 24.9 Å². The average Bonchev–Trinajstić information content (AvgIpc) is 2.61. The average molecular weight is 348 g/mol. The third-order valence-electron chi connectivity index (χ3n) is 5.57. The van der Waals surface area contributed by atoms with Gasteiger partial charge in [0.25, 0.3) is 11.6 Å². The molecule has 0 radical (unpaired) electrons. The number of anilines is 1. The summed E-state index contributed by atoms with van der Waals surface area (Å²) in [5.41, 5.74) is 0.0800. The number of likely N-dealkylation sites (tertiary alicyclic amines) is 1. The highest BCUT2D eigenvalue weighted by atomic mass is 16.6. The van der Waals surface area contributed by atoms with Gasteiger partial charge in [0, 0.05) is 5.92 Å². The number of piperidine rings is 1. The normalized spacial score (nSPS) is 25.7. The summed E-state index contributed by atoms with van der Waals surface area (Å²) < 4.78 is 5.02. The number of fused-ring (bicyclic) bond motifs is 1. The van der Waals surface area contributed by atoms with Crippen LogP contribution in [0.2, 0.25) is 0 Å². The van der Waals surface area contributed by atoms with Crippen molar-refractivity contribution in [2.24, 2.45) is 11.8 Å². The first-order chi connectivity index (χ1) is 12.1. The summed E-state index contributed by atoms with van der Waals surface area (Å²) in [6, 6.07) is 4.47. The van der Waals surface area contributed by atoms with Gasteiger partial charge in [-0.25, -0.2) is 0 Å². The molecule has 0 bridgehead atoms. The van der Waals surface area contributed by atoms with Gasteiger partial charge in [0.15, 0.2) is 6.54 Å². The Kier molecular flexibility index (Phi) is 5.53. The van der Waals surface area contributed by atoms with Crippen molar-refractivity contribution >= 4 is 17.3 Å². The molecule has 0 aromatic heterocycles. The van der Waals surface area contributed by atoms with Crippen LogP contribution in [-0.2, 0) is 4.79 Å². The Morgan fingerprint density at radius 1 is 1.32 bits per heavy atom. The predicted octanol–water partition coefficient (Wildman–Crippen LogP) is 1.64. The van der Waals surface area contributed by atoms with Crippen molar-refractivity contribution in [3.05, 3.63) is 28.3 Å². The van der Waals surface area contributed by atoms with E-state index in [-0.39, 0.29) is 17.3 Å². The topological polar surface area (TPSA) is 85.9 Å². The lowest BCUT2D eigenvalue weighted by molar-refractivity contribution is -0.902. The number of nitrogens with zero attached hydrogens (tertiary/aromatic N) is 1. The number of nitrogens with one attached hydrogen (secondary N) is 2. The molecule has 0 spiro atoms. The van der Waals surface area contributed by atoms with Gasteiger partial charge in [-0.1, -0.05) is 12.8 Å². The van der Waals surface area contributed by atoms with E-state index in [0.29, 0.717) is 12.3 Å². The van der Waals surface area contributed by atoms with Crippen LogP contribution in [0.4, 0.5) is 11.4 Å². The van der Waals surface area contributed by atoms with Crippen LogP contribution in [0.3, 0.4) is 0 Å². The highest BCUT2D eigenvalue weighted by Gasteiger charge is 2.34. The Morgan fingerprint density at radius 2 is 2.08 bits per heavy atom. The third kappa shape index (κ3) is 4.28. The van der Waals surface area contributed by atoms with Crippen molar-refractivity contribution in [1.29, 1.82) is 0 Å². The Hall–Kier alpha value is -2.15. The van der Waals surface area contributed by atoms with E-state index in [4.69, 9.17) is 4.74 Å². The first-order valence-electron chi connectivity index (χ1n) is 9.02. The molecule has 3 atom stereocenters. The van der Waals surface area contributed by atoms with Gasteiger partial charge in [0.05, 0.1) is 31.2 Å². The molecule has 3 rings (SSSR count). The highest BCUT2D eigenvalue weighted by molar-refractivity contribution is 5.93. The van der Waals surface area contributed by atoms with Crippen LogP contribution in [0.25, 0.3) is 0 Å². The molecule has 2 N–H and O–H groups in total. The lowest BCUT2D eigenvalue weighted by Gasteiger charge is -2.38. The number of nitro groups is 1. The number of methoxy groups -OCH3 is 1. The van der Waals surface area contributed by atoms with E-state index in [1.807, 2.05) is 0 Å². The van der Waals surface area contributed by atoms with E-state index in [1.54, 1.807) is 6.07 Å². The molecule has 1 unspecified atom stereocenters. The fourth-order valence-electron chi connectivity index (χ4n) is 4.27. The molecule has 1 saturated heterocycles. The van der Waals surface area contributed by atoms with Crippen LogP contribution < -0.4 is 15.0 Å². The fraction of sp³-hybridized carbons (Fsp3) is 0.611. The maximum atomic E-state index is 12.4. The SMILES string of the molecule is COc1ccc(NC(=O)C[NH+]2CC[C@@H]3CCCC[C@@H]3C2)c([N+](=O)[O-])c1. The number of carbonyl (C=O) groups is 1. The third-order valence-corrected chi connectivity index (χ3v) is 5.57. The van der Waals surface area contributed by atoms with Crippen molar-refractivity contribution in [2.45, 2.75) is 32.1 Å². The monoisotopic (exact) mass is 348 g/mol. The van der Waals surface area contributed by atoms with E-state index in [2.05, 4.69) is 5.32 Å².